The van der Waals surface area contributed by atoms with Gasteiger partial charge < -0.3 is 15.6 Å². The maximum atomic E-state index is 13.5. The highest BCUT2D eigenvalue weighted by molar-refractivity contribution is 5.31. The van der Waals surface area contributed by atoms with Crippen LogP contribution in [0.3, 0.4) is 0 Å². The minimum absolute atomic E-state index is 0.269. The molecule has 2 aliphatic carbocycles. The van der Waals surface area contributed by atoms with Crippen LogP contribution in [0.1, 0.15) is 48.8 Å². The lowest BCUT2D eigenvalue weighted by atomic mass is 9.80. The van der Waals surface area contributed by atoms with Crippen LogP contribution in [0.4, 0.5) is 8.78 Å². The van der Waals surface area contributed by atoms with Crippen LogP contribution in [0.5, 0.6) is 0 Å². The van der Waals surface area contributed by atoms with Crippen molar-refractivity contribution in [2.24, 2.45) is 12.8 Å². The summed E-state index contributed by atoms with van der Waals surface area (Å²) in [6.45, 7) is 0.514. The molecular formula is C17H21F2N5. The SMILES string of the molecule is Cn1c(CNC2(c3cc(F)cc(F)c3)CC2)nnc1C1CC(N)C1. The highest BCUT2D eigenvalue weighted by Crippen LogP contribution is 2.46. The van der Waals surface area contributed by atoms with Gasteiger partial charge in [0, 0.05) is 30.6 Å². The number of hydrogen-bond donors (Lipinski definition) is 2. The quantitative estimate of drug-likeness (QED) is 0.879. The maximum Gasteiger partial charge on any atom is 0.146 e. The first-order valence-corrected chi connectivity index (χ1v) is 8.32. The smallest absolute Gasteiger partial charge is 0.146 e. The van der Waals surface area contributed by atoms with E-state index in [1.165, 1.54) is 12.1 Å². The van der Waals surface area contributed by atoms with Crippen molar-refractivity contribution in [3.05, 3.63) is 47.0 Å². The molecule has 4 rings (SSSR count). The van der Waals surface area contributed by atoms with Gasteiger partial charge in [0.05, 0.1) is 6.54 Å². The maximum absolute atomic E-state index is 13.5. The third kappa shape index (κ3) is 2.71. The van der Waals surface area contributed by atoms with Crippen LogP contribution in [0.15, 0.2) is 18.2 Å². The van der Waals surface area contributed by atoms with Gasteiger partial charge in [0.15, 0.2) is 0 Å². The Labute approximate surface area is 139 Å². The minimum Gasteiger partial charge on any atom is -0.328 e. The van der Waals surface area contributed by atoms with E-state index in [0.29, 0.717) is 18.0 Å². The number of hydrogen-bond acceptors (Lipinski definition) is 4. The molecule has 0 radical (unpaired) electrons. The van der Waals surface area contributed by atoms with E-state index in [1.54, 1.807) is 0 Å². The second-order valence-electron chi connectivity index (χ2n) is 7.06. The molecule has 0 spiro atoms. The zero-order valence-electron chi connectivity index (χ0n) is 13.6. The summed E-state index contributed by atoms with van der Waals surface area (Å²) in [4.78, 5) is 0. The molecule has 2 aromatic rings. The molecule has 7 heteroatoms. The predicted molar refractivity (Wildman–Crippen MR) is 85.1 cm³/mol. The fourth-order valence-corrected chi connectivity index (χ4v) is 3.53. The summed E-state index contributed by atoms with van der Waals surface area (Å²) in [5.74, 6) is 1.10. The summed E-state index contributed by atoms with van der Waals surface area (Å²) in [6, 6.07) is 3.98. The Kier molecular flexibility index (Phi) is 3.65. The van der Waals surface area contributed by atoms with Crippen molar-refractivity contribution < 1.29 is 8.78 Å². The van der Waals surface area contributed by atoms with Gasteiger partial charge >= 0.3 is 0 Å². The van der Waals surface area contributed by atoms with Gasteiger partial charge in [-0.3, -0.25) is 0 Å². The highest BCUT2D eigenvalue weighted by atomic mass is 19.1. The third-order valence-corrected chi connectivity index (χ3v) is 5.29. The van der Waals surface area contributed by atoms with E-state index in [-0.39, 0.29) is 11.6 Å². The van der Waals surface area contributed by atoms with Crippen LogP contribution in [-0.4, -0.2) is 20.8 Å². The third-order valence-electron chi connectivity index (χ3n) is 5.29. The van der Waals surface area contributed by atoms with Gasteiger partial charge in [0.1, 0.15) is 23.3 Å². The fourth-order valence-electron chi connectivity index (χ4n) is 3.53. The van der Waals surface area contributed by atoms with Gasteiger partial charge in [-0.15, -0.1) is 10.2 Å². The van der Waals surface area contributed by atoms with Gasteiger partial charge in [-0.2, -0.15) is 0 Å². The molecule has 0 unspecified atom stereocenters. The van der Waals surface area contributed by atoms with Crippen LogP contribution < -0.4 is 11.1 Å². The molecule has 1 heterocycles. The molecule has 128 valence electrons. The Balaban J connectivity index is 1.47. The van der Waals surface area contributed by atoms with Crippen molar-refractivity contribution in [3.8, 4) is 0 Å². The summed E-state index contributed by atoms with van der Waals surface area (Å²) in [5, 5.41) is 12.0. The summed E-state index contributed by atoms with van der Waals surface area (Å²) >= 11 is 0. The van der Waals surface area contributed by atoms with Crippen molar-refractivity contribution in [3.63, 3.8) is 0 Å². The lowest BCUT2D eigenvalue weighted by molar-refractivity contribution is 0.331. The number of nitrogens with one attached hydrogen (secondary N) is 1. The zero-order valence-corrected chi connectivity index (χ0v) is 13.6. The largest absolute Gasteiger partial charge is 0.328 e. The van der Waals surface area contributed by atoms with Gasteiger partial charge in [-0.05, 0) is 43.4 Å². The van der Waals surface area contributed by atoms with Gasteiger partial charge in [-0.25, -0.2) is 8.78 Å². The molecule has 0 bridgehead atoms. The molecule has 0 aliphatic heterocycles. The molecule has 1 aromatic carbocycles. The molecule has 5 nitrogen and oxygen atoms in total. The number of nitrogens with two attached hydrogens (primary N) is 1. The number of rotatable bonds is 5. The summed E-state index contributed by atoms with van der Waals surface area (Å²) in [7, 11) is 1.96. The lowest BCUT2D eigenvalue weighted by Crippen LogP contribution is -2.36. The molecule has 0 saturated heterocycles. The Morgan fingerprint density at radius 3 is 2.46 bits per heavy atom. The van der Waals surface area contributed by atoms with E-state index in [4.69, 9.17) is 5.73 Å². The number of aromatic nitrogens is 3. The fraction of sp³-hybridized carbons (Fsp3) is 0.529. The van der Waals surface area contributed by atoms with Crippen LogP contribution in [0, 0.1) is 11.6 Å². The molecule has 2 aliphatic rings. The van der Waals surface area contributed by atoms with Crippen molar-refractivity contribution >= 4 is 0 Å². The Morgan fingerprint density at radius 1 is 1.21 bits per heavy atom. The summed E-state index contributed by atoms with van der Waals surface area (Å²) < 4.78 is 29.0. The number of benzene rings is 1. The van der Waals surface area contributed by atoms with Crippen LogP contribution in [-0.2, 0) is 19.1 Å². The molecular weight excluding hydrogens is 312 g/mol. The van der Waals surface area contributed by atoms with Crippen LogP contribution in [0.25, 0.3) is 0 Å². The molecule has 0 atom stereocenters. The van der Waals surface area contributed by atoms with E-state index in [9.17, 15) is 8.78 Å². The topological polar surface area (TPSA) is 68.8 Å². The molecule has 1 aromatic heterocycles. The Hall–Kier alpha value is -1.86. The minimum atomic E-state index is -0.541. The number of halogens is 2. The molecule has 2 fully saturated rings. The number of nitrogens with zero attached hydrogens (tertiary/aromatic N) is 3. The van der Waals surface area contributed by atoms with Crippen molar-refractivity contribution in [2.75, 3.05) is 0 Å². The van der Waals surface area contributed by atoms with Crippen molar-refractivity contribution in [1.82, 2.24) is 20.1 Å². The summed E-state index contributed by atoms with van der Waals surface area (Å²) in [5.41, 5.74) is 6.15. The average molecular weight is 333 g/mol. The van der Waals surface area contributed by atoms with E-state index >= 15 is 0 Å². The molecule has 3 N–H and O–H groups in total. The van der Waals surface area contributed by atoms with Crippen LogP contribution >= 0.6 is 0 Å². The average Bonchev–Trinajstić information content (AvgIpc) is 3.20. The lowest BCUT2D eigenvalue weighted by Gasteiger charge is -2.31. The van der Waals surface area contributed by atoms with Gasteiger partial charge in [-0.1, -0.05) is 0 Å². The van der Waals surface area contributed by atoms with Crippen molar-refractivity contribution in [2.45, 2.75) is 49.7 Å². The Bertz CT molecular complexity index is 742. The highest BCUT2D eigenvalue weighted by Gasteiger charge is 2.44. The van der Waals surface area contributed by atoms with Gasteiger partial charge in [0.2, 0.25) is 0 Å². The first-order valence-electron chi connectivity index (χ1n) is 8.32. The summed E-state index contributed by atoms with van der Waals surface area (Å²) in [6.07, 6.45) is 3.62. The first kappa shape index (κ1) is 15.7. The van der Waals surface area contributed by atoms with Crippen molar-refractivity contribution in [1.29, 1.82) is 0 Å². The van der Waals surface area contributed by atoms with E-state index < -0.39 is 11.6 Å². The van der Waals surface area contributed by atoms with Crippen LogP contribution in [0.2, 0.25) is 0 Å². The van der Waals surface area contributed by atoms with E-state index in [0.717, 1.165) is 43.4 Å². The monoisotopic (exact) mass is 333 g/mol. The standard InChI is InChI=1S/C17H21F2N5/c1-24-15(22-23-16(24)10-4-14(20)5-10)9-21-17(2-3-17)11-6-12(18)8-13(19)7-11/h6-8,10,14,21H,2-5,9,20H2,1H3. The predicted octanol–water partition coefficient (Wildman–Crippen LogP) is 2.08. The molecule has 0 amide bonds. The molecule has 2 saturated carbocycles. The second-order valence-corrected chi connectivity index (χ2v) is 7.06. The van der Waals surface area contributed by atoms with Gasteiger partial charge in [0.25, 0.3) is 0 Å². The normalized spacial score (nSPS) is 24.7. The Morgan fingerprint density at radius 2 is 1.88 bits per heavy atom. The van der Waals surface area contributed by atoms with E-state index in [1.807, 2.05) is 11.6 Å². The molecule has 24 heavy (non-hydrogen) atoms. The first-order chi connectivity index (χ1) is 11.5. The second kappa shape index (κ2) is 5.60. The van der Waals surface area contributed by atoms with E-state index in [2.05, 4.69) is 15.5 Å². The zero-order chi connectivity index (χ0) is 16.9.